The van der Waals surface area contributed by atoms with Crippen LogP contribution in [-0.2, 0) is 10.2 Å². The fourth-order valence-electron chi connectivity index (χ4n) is 2.81. The van der Waals surface area contributed by atoms with Gasteiger partial charge in [-0.3, -0.25) is 9.59 Å². The van der Waals surface area contributed by atoms with Gasteiger partial charge in [0.2, 0.25) is 0 Å². The van der Waals surface area contributed by atoms with Gasteiger partial charge in [0.1, 0.15) is 0 Å². The summed E-state index contributed by atoms with van der Waals surface area (Å²) in [5.41, 5.74) is 1.20. The molecule has 0 N–H and O–H groups in total. The number of hydrogen-bond acceptors (Lipinski definition) is 2. The Hall–Kier alpha value is -1.44. The first-order valence-corrected chi connectivity index (χ1v) is 7.15. The van der Waals surface area contributed by atoms with Gasteiger partial charge in [-0.1, -0.05) is 44.5 Å². The van der Waals surface area contributed by atoms with Crippen LogP contribution < -0.4 is 0 Å². The fourth-order valence-corrected chi connectivity index (χ4v) is 2.81. The quantitative estimate of drug-likeness (QED) is 0.767. The van der Waals surface area contributed by atoms with Crippen LogP contribution >= 0.6 is 0 Å². The summed E-state index contributed by atoms with van der Waals surface area (Å²) < 4.78 is 0. The Morgan fingerprint density at radius 3 is 2.63 bits per heavy atom. The molecule has 0 aliphatic heterocycles. The van der Waals surface area contributed by atoms with Crippen LogP contribution in [0.2, 0.25) is 0 Å². The second-order valence-corrected chi connectivity index (χ2v) is 5.95. The van der Waals surface area contributed by atoms with E-state index in [1.165, 1.54) is 0 Å². The molecule has 0 aromatic heterocycles. The molecule has 0 bridgehead atoms. The minimum atomic E-state index is -0.478. The van der Waals surface area contributed by atoms with Crippen LogP contribution in [0.3, 0.4) is 0 Å². The first kappa shape index (κ1) is 14.0. The lowest BCUT2D eigenvalue weighted by molar-refractivity contribution is -0.123. The smallest absolute Gasteiger partial charge is 0.170 e. The predicted molar refractivity (Wildman–Crippen MR) is 76.4 cm³/mol. The molecule has 19 heavy (non-hydrogen) atoms. The average Bonchev–Trinajstić information content (AvgIpc) is 2.43. The molecule has 0 fully saturated rings. The predicted octanol–water partition coefficient (Wildman–Crippen LogP) is 3.93. The van der Waals surface area contributed by atoms with E-state index in [0.29, 0.717) is 5.92 Å². The summed E-state index contributed by atoms with van der Waals surface area (Å²) in [5, 5.41) is 0. The Balaban J connectivity index is 2.35. The van der Waals surface area contributed by atoms with Gasteiger partial charge >= 0.3 is 0 Å². The summed E-state index contributed by atoms with van der Waals surface area (Å²) >= 11 is 0. The summed E-state index contributed by atoms with van der Waals surface area (Å²) in [6.45, 7) is 6.39. The average molecular weight is 258 g/mol. The normalized spacial score (nSPS) is 24.2. The van der Waals surface area contributed by atoms with Crippen molar-refractivity contribution in [3.8, 4) is 0 Å². The van der Waals surface area contributed by atoms with Crippen LogP contribution in [0.15, 0.2) is 24.3 Å². The molecular weight excluding hydrogens is 236 g/mol. The van der Waals surface area contributed by atoms with E-state index in [4.69, 9.17) is 0 Å². The van der Waals surface area contributed by atoms with Gasteiger partial charge in [-0.25, -0.2) is 0 Å². The minimum absolute atomic E-state index is 0.0263. The molecule has 2 rings (SSSR count). The van der Waals surface area contributed by atoms with E-state index in [2.05, 4.69) is 13.8 Å². The van der Waals surface area contributed by atoms with Crippen molar-refractivity contribution < 1.29 is 9.59 Å². The molecule has 102 valence electrons. The van der Waals surface area contributed by atoms with E-state index >= 15 is 0 Å². The van der Waals surface area contributed by atoms with E-state index in [0.717, 1.165) is 30.4 Å². The third kappa shape index (κ3) is 2.49. The number of carbonyl (C=O) groups is 2. The lowest BCUT2D eigenvalue weighted by atomic mass is 9.67. The number of rotatable bonds is 4. The Bertz CT molecular complexity index is 504. The second kappa shape index (κ2) is 5.28. The van der Waals surface area contributed by atoms with Crippen molar-refractivity contribution in [3.63, 3.8) is 0 Å². The molecule has 0 heterocycles. The first-order valence-electron chi connectivity index (χ1n) is 7.15. The number of Topliss-reactive ketones (excluding diaryl/α,β-unsaturated/α-hetero) is 2. The Morgan fingerprint density at radius 2 is 1.95 bits per heavy atom. The lowest BCUT2D eigenvalue weighted by Crippen LogP contribution is -2.40. The van der Waals surface area contributed by atoms with E-state index in [1.54, 1.807) is 0 Å². The first-order chi connectivity index (χ1) is 8.99. The van der Waals surface area contributed by atoms with Gasteiger partial charge in [-0.15, -0.1) is 0 Å². The maximum Gasteiger partial charge on any atom is 0.170 e. The maximum atomic E-state index is 12.4. The molecular formula is C17H22O2. The number of carbonyl (C=O) groups excluding carboxylic acids is 2. The molecule has 2 nitrogen and oxygen atoms in total. The monoisotopic (exact) mass is 258 g/mol. The molecule has 0 spiro atoms. The molecule has 0 radical (unpaired) electrons. The number of hydrogen-bond donors (Lipinski definition) is 0. The van der Waals surface area contributed by atoms with Crippen molar-refractivity contribution in [2.24, 2.45) is 5.92 Å². The molecule has 2 heteroatoms. The summed E-state index contributed by atoms with van der Waals surface area (Å²) in [4.78, 5) is 24.3. The largest absolute Gasteiger partial charge is 0.298 e. The van der Waals surface area contributed by atoms with Crippen LogP contribution in [0.25, 0.3) is 0 Å². The summed E-state index contributed by atoms with van der Waals surface area (Å²) in [5.74, 6) is 0.676. The van der Waals surface area contributed by atoms with E-state index in [1.807, 2.05) is 31.2 Å². The summed E-state index contributed by atoms with van der Waals surface area (Å²) in [6.07, 6.45) is 3.06. The van der Waals surface area contributed by atoms with Crippen molar-refractivity contribution >= 4 is 11.6 Å². The zero-order chi connectivity index (χ0) is 14.0. The summed E-state index contributed by atoms with van der Waals surface area (Å²) in [7, 11) is 0. The summed E-state index contributed by atoms with van der Waals surface area (Å²) in [6, 6.07) is 7.60. The standard InChI is InChI=1S/C17H22O2/c1-4-12(2)9-10-17(3)14-8-6-5-7-13(14)15(18)11-16(17)19/h5-8,12H,4,9-11H2,1-3H3/t12-,17?/m0/s1. The van der Waals surface area contributed by atoms with Crippen molar-refractivity contribution in [2.75, 3.05) is 0 Å². The molecule has 1 unspecified atom stereocenters. The van der Waals surface area contributed by atoms with Crippen LogP contribution in [0.1, 0.15) is 62.4 Å². The lowest BCUT2D eigenvalue weighted by Gasteiger charge is -2.34. The number of benzene rings is 1. The van der Waals surface area contributed by atoms with Crippen LogP contribution in [-0.4, -0.2) is 11.6 Å². The topological polar surface area (TPSA) is 34.1 Å². The highest BCUT2D eigenvalue weighted by Gasteiger charge is 2.42. The van der Waals surface area contributed by atoms with Crippen molar-refractivity contribution in [3.05, 3.63) is 35.4 Å². The Morgan fingerprint density at radius 1 is 1.26 bits per heavy atom. The van der Waals surface area contributed by atoms with Gasteiger partial charge in [0.25, 0.3) is 0 Å². The minimum Gasteiger partial charge on any atom is -0.298 e. The van der Waals surface area contributed by atoms with Gasteiger partial charge in [-0.2, -0.15) is 0 Å². The number of fused-ring (bicyclic) bond motifs is 1. The maximum absolute atomic E-state index is 12.4. The van der Waals surface area contributed by atoms with E-state index < -0.39 is 5.41 Å². The van der Waals surface area contributed by atoms with Gasteiger partial charge < -0.3 is 0 Å². The Labute approximate surface area is 115 Å². The molecule has 0 saturated carbocycles. The molecule has 1 aromatic rings. The van der Waals surface area contributed by atoms with Crippen LogP contribution in [0, 0.1) is 5.92 Å². The van der Waals surface area contributed by atoms with Gasteiger partial charge in [0.15, 0.2) is 11.6 Å². The third-order valence-corrected chi connectivity index (χ3v) is 4.59. The van der Waals surface area contributed by atoms with Gasteiger partial charge in [0.05, 0.1) is 11.8 Å². The highest BCUT2D eigenvalue weighted by atomic mass is 16.2. The van der Waals surface area contributed by atoms with E-state index in [9.17, 15) is 9.59 Å². The molecule has 0 amide bonds. The number of ketones is 2. The molecule has 1 aliphatic carbocycles. The van der Waals surface area contributed by atoms with Gasteiger partial charge in [-0.05, 0) is 31.2 Å². The highest BCUT2D eigenvalue weighted by Crippen LogP contribution is 2.39. The van der Waals surface area contributed by atoms with E-state index in [-0.39, 0.29) is 18.0 Å². The van der Waals surface area contributed by atoms with Gasteiger partial charge in [0, 0.05) is 5.56 Å². The van der Waals surface area contributed by atoms with Crippen molar-refractivity contribution in [1.82, 2.24) is 0 Å². The zero-order valence-corrected chi connectivity index (χ0v) is 12.0. The zero-order valence-electron chi connectivity index (χ0n) is 12.0. The van der Waals surface area contributed by atoms with Crippen molar-refractivity contribution in [2.45, 2.75) is 51.9 Å². The molecule has 0 saturated heterocycles. The SMILES string of the molecule is CC[C@H](C)CCC1(C)C(=O)CC(=O)c2ccccc21. The second-order valence-electron chi connectivity index (χ2n) is 5.95. The molecule has 1 aromatic carbocycles. The van der Waals surface area contributed by atoms with Crippen LogP contribution in [0.4, 0.5) is 0 Å². The Kier molecular flexibility index (Phi) is 3.88. The van der Waals surface area contributed by atoms with Crippen LogP contribution in [0.5, 0.6) is 0 Å². The fraction of sp³-hybridized carbons (Fsp3) is 0.529. The molecule has 1 aliphatic rings. The van der Waals surface area contributed by atoms with Crippen molar-refractivity contribution in [1.29, 1.82) is 0 Å². The molecule has 2 atom stereocenters. The third-order valence-electron chi connectivity index (χ3n) is 4.59. The highest BCUT2D eigenvalue weighted by molar-refractivity contribution is 6.15.